The van der Waals surface area contributed by atoms with Crippen molar-refractivity contribution in [3.63, 3.8) is 0 Å². The van der Waals surface area contributed by atoms with Gasteiger partial charge in [0.15, 0.2) is 0 Å². The molecule has 1 fully saturated rings. The summed E-state index contributed by atoms with van der Waals surface area (Å²) in [6, 6.07) is 5.65. The summed E-state index contributed by atoms with van der Waals surface area (Å²) in [4.78, 5) is 11.6. The molecule has 0 radical (unpaired) electrons. The lowest BCUT2D eigenvalue weighted by Crippen LogP contribution is -2.33. The first-order valence-corrected chi connectivity index (χ1v) is 7.25. The van der Waals surface area contributed by atoms with E-state index in [1.54, 1.807) is 18.2 Å². The zero-order valence-corrected chi connectivity index (χ0v) is 12.5. The normalized spacial score (nSPS) is 26.1. The summed E-state index contributed by atoms with van der Waals surface area (Å²) < 4.78 is 4.75. The highest BCUT2D eigenvalue weighted by molar-refractivity contribution is 5.92. The van der Waals surface area contributed by atoms with Crippen LogP contribution in [0.1, 0.15) is 43.5 Å². The molecule has 0 amide bonds. The number of carbonyl (C=O) groups excluding carboxylic acids is 1. The lowest BCUT2D eigenvalue weighted by Gasteiger charge is -2.34. The van der Waals surface area contributed by atoms with Crippen LogP contribution in [-0.2, 0) is 4.74 Å². The van der Waals surface area contributed by atoms with E-state index in [1.807, 2.05) is 0 Å². The van der Waals surface area contributed by atoms with Crippen LogP contribution in [0.2, 0.25) is 0 Å². The highest BCUT2D eigenvalue weighted by Gasteiger charge is 2.25. The number of ether oxygens (including phenoxy) is 1. The van der Waals surface area contributed by atoms with Crippen molar-refractivity contribution < 1.29 is 9.53 Å². The first-order chi connectivity index (χ1) is 9.51. The molecule has 0 aromatic heterocycles. The Morgan fingerprint density at radius 2 is 2.10 bits per heavy atom. The number of hydrogen-bond acceptors (Lipinski definition) is 4. The molecule has 3 unspecified atom stereocenters. The molecule has 0 spiro atoms. The Kier molecular flexibility index (Phi) is 4.53. The molecular weight excluding hydrogens is 252 g/mol. The van der Waals surface area contributed by atoms with Crippen LogP contribution in [0, 0.1) is 11.8 Å². The van der Waals surface area contributed by atoms with E-state index in [4.69, 9.17) is 10.5 Å². The Morgan fingerprint density at radius 3 is 2.75 bits per heavy atom. The third kappa shape index (κ3) is 3.24. The SMILES string of the molecule is COC(=O)c1ccc(N)c(NC2CCC(C)CC2C)c1. The number of nitrogens with two attached hydrogens (primary N) is 1. The standard InChI is InChI=1S/C16H24N2O2/c1-10-4-7-14(11(2)8-10)18-15-9-12(16(19)20-3)5-6-13(15)17/h5-6,9-11,14,18H,4,7-8,17H2,1-3H3. The van der Waals surface area contributed by atoms with Crippen molar-refractivity contribution in [2.24, 2.45) is 11.8 Å². The summed E-state index contributed by atoms with van der Waals surface area (Å²) in [7, 11) is 1.39. The fourth-order valence-electron chi connectivity index (χ4n) is 3.01. The summed E-state index contributed by atoms with van der Waals surface area (Å²) in [5.74, 6) is 1.07. The number of nitrogen functional groups attached to an aromatic ring is 1. The molecule has 4 nitrogen and oxygen atoms in total. The van der Waals surface area contributed by atoms with Crippen molar-refractivity contribution in [3.05, 3.63) is 23.8 Å². The van der Waals surface area contributed by atoms with E-state index >= 15 is 0 Å². The van der Waals surface area contributed by atoms with E-state index in [1.165, 1.54) is 20.0 Å². The predicted octanol–water partition coefficient (Wildman–Crippen LogP) is 3.29. The maximum atomic E-state index is 11.6. The van der Waals surface area contributed by atoms with Crippen molar-refractivity contribution in [1.82, 2.24) is 0 Å². The number of esters is 1. The van der Waals surface area contributed by atoms with E-state index in [0.717, 1.165) is 18.0 Å². The Labute approximate surface area is 120 Å². The van der Waals surface area contributed by atoms with Gasteiger partial charge in [0.25, 0.3) is 0 Å². The van der Waals surface area contributed by atoms with Gasteiger partial charge in [-0.2, -0.15) is 0 Å². The smallest absolute Gasteiger partial charge is 0.337 e. The second kappa shape index (κ2) is 6.16. The van der Waals surface area contributed by atoms with Crippen molar-refractivity contribution in [1.29, 1.82) is 0 Å². The van der Waals surface area contributed by atoms with E-state index in [9.17, 15) is 4.79 Å². The van der Waals surface area contributed by atoms with Gasteiger partial charge in [-0.25, -0.2) is 4.79 Å². The van der Waals surface area contributed by atoms with Crippen molar-refractivity contribution in [2.75, 3.05) is 18.2 Å². The Morgan fingerprint density at radius 1 is 1.35 bits per heavy atom. The van der Waals surface area contributed by atoms with E-state index < -0.39 is 0 Å². The number of benzene rings is 1. The molecule has 3 atom stereocenters. The Bertz CT molecular complexity index is 487. The Balaban J connectivity index is 2.14. The highest BCUT2D eigenvalue weighted by atomic mass is 16.5. The number of carbonyl (C=O) groups is 1. The van der Waals surface area contributed by atoms with Gasteiger partial charge >= 0.3 is 5.97 Å². The van der Waals surface area contributed by atoms with Gasteiger partial charge in [0.2, 0.25) is 0 Å². The monoisotopic (exact) mass is 276 g/mol. The van der Waals surface area contributed by atoms with Gasteiger partial charge < -0.3 is 15.8 Å². The van der Waals surface area contributed by atoms with Crippen LogP contribution in [0.5, 0.6) is 0 Å². The van der Waals surface area contributed by atoms with Gasteiger partial charge in [-0.1, -0.05) is 13.8 Å². The summed E-state index contributed by atoms with van der Waals surface area (Å²) in [6.45, 7) is 4.58. The quantitative estimate of drug-likeness (QED) is 0.657. The second-order valence-electron chi connectivity index (χ2n) is 5.94. The number of hydrogen-bond donors (Lipinski definition) is 2. The molecule has 0 saturated heterocycles. The molecule has 1 aliphatic rings. The average Bonchev–Trinajstić information content (AvgIpc) is 2.43. The number of methoxy groups -OCH3 is 1. The topological polar surface area (TPSA) is 64.3 Å². The molecule has 0 heterocycles. The van der Waals surface area contributed by atoms with Crippen LogP contribution < -0.4 is 11.1 Å². The van der Waals surface area contributed by atoms with Crippen LogP contribution in [0.25, 0.3) is 0 Å². The first kappa shape index (κ1) is 14.7. The molecular formula is C16H24N2O2. The second-order valence-corrected chi connectivity index (χ2v) is 5.94. The molecule has 1 saturated carbocycles. The van der Waals surface area contributed by atoms with Crippen molar-refractivity contribution in [2.45, 2.75) is 39.2 Å². The van der Waals surface area contributed by atoms with Crippen LogP contribution in [0.3, 0.4) is 0 Å². The fourth-order valence-corrected chi connectivity index (χ4v) is 3.01. The molecule has 110 valence electrons. The fraction of sp³-hybridized carbons (Fsp3) is 0.562. The third-order valence-corrected chi connectivity index (χ3v) is 4.25. The lowest BCUT2D eigenvalue weighted by molar-refractivity contribution is 0.0601. The molecule has 2 rings (SSSR count). The van der Waals surface area contributed by atoms with Crippen LogP contribution in [-0.4, -0.2) is 19.1 Å². The summed E-state index contributed by atoms with van der Waals surface area (Å²) in [5, 5.41) is 3.51. The molecule has 1 aromatic rings. The Hall–Kier alpha value is -1.71. The number of nitrogens with one attached hydrogen (secondary N) is 1. The van der Waals surface area contributed by atoms with Crippen molar-refractivity contribution in [3.8, 4) is 0 Å². The lowest BCUT2D eigenvalue weighted by atomic mass is 9.80. The first-order valence-electron chi connectivity index (χ1n) is 7.25. The van der Waals surface area contributed by atoms with E-state index in [-0.39, 0.29) is 5.97 Å². The minimum absolute atomic E-state index is 0.335. The van der Waals surface area contributed by atoms with Gasteiger partial charge in [0, 0.05) is 6.04 Å². The van der Waals surface area contributed by atoms with Gasteiger partial charge in [-0.15, -0.1) is 0 Å². The van der Waals surface area contributed by atoms with Crippen LogP contribution in [0.4, 0.5) is 11.4 Å². The number of anilines is 2. The summed E-state index contributed by atoms with van der Waals surface area (Å²) >= 11 is 0. The molecule has 3 N–H and O–H groups in total. The summed E-state index contributed by atoms with van der Waals surface area (Å²) in [6.07, 6.45) is 3.61. The predicted molar refractivity (Wildman–Crippen MR) is 81.8 cm³/mol. The molecule has 0 aliphatic heterocycles. The average molecular weight is 276 g/mol. The third-order valence-electron chi connectivity index (χ3n) is 4.25. The maximum absolute atomic E-state index is 11.6. The van der Waals surface area contributed by atoms with E-state index in [0.29, 0.717) is 23.2 Å². The van der Waals surface area contributed by atoms with Crippen LogP contribution in [0.15, 0.2) is 18.2 Å². The number of rotatable bonds is 3. The van der Waals surface area contributed by atoms with E-state index in [2.05, 4.69) is 19.2 Å². The van der Waals surface area contributed by atoms with Crippen LogP contribution >= 0.6 is 0 Å². The molecule has 20 heavy (non-hydrogen) atoms. The molecule has 1 aromatic carbocycles. The molecule has 4 heteroatoms. The molecule has 0 bridgehead atoms. The maximum Gasteiger partial charge on any atom is 0.337 e. The van der Waals surface area contributed by atoms with Gasteiger partial charge in [0.1, 0.15) is 0 Å². The summed E-state index contributed by atoms with van der Waals surface area (Å²) in [5.41, 5.74) is 8.04. The minimum atomic E-state index is -0.335. The van der Waals surface area contributed by atoms with Gasteiger partial charge in [-0.05, 0) is 49.3 Å². The van der Waals surface area contributed by atoms with Gasteiger partial charge in [0.05, 0.1) is 24.0 Å². The molecule has 1 aliphatic carbocycles. The zero-order chi connectivity index (χ0) is 14.7. The minimum Gasteiger partial charge on any atom is -0.465 e. The highest BCUT2D eigenvalue weighted by Crippen LogP contribution is 2.32. The largest absolute Gasteiger partial charge is 0.465 e. The van der Waals surface area contributed by atoms with Gasteiger partial charge in [-0.3, -0.25) is 0 Å². The zero-order valence-electron chi connectivity index (χ0n) is 12.5. The van der Waals surface area contributed by atoms with Crippen molar-refractivity contribution >= 4 is 17.3 Å².